The van der Waals surface area contributed by atoms with Crippen LogP contribution in [0.5, 0.6) is 0 Å². The summed E-state index contributed by atoms with van der Waals surface area (Å²) in [6.45, 7) is 2.08. The molecule has 0 aliphatic heterocycles. The van der Waals surface area contributed by atoms with Gasteiger partial charge in [0.2, 0.25) is 0 Å². The molecule has 0 amide bonds. The van der Waals surface area contributed by atoms with E-state index in [2.05, 4.69) is 31.2 Å². The summed E-state index contributed by atoms with van der Waals surface area (Å²) in [5, 5.41) is 0. The summed E-state index contributed by atoms with van der Waals surface area (Å²) in [5.74, 6) is 0. The number of rotatable bonds is 2. The van der Waals surface area contributed by atoms with Gasteiger partial charge in [0.15, 0.2) is 0 Å². The summed E-state index contributed by atoms with van der Waals surface area (Å²) >= 11 is 1.68. The molecule has 0 fully saturated rings. The van der Waals surface area contributed by atoms with Crippen molar-refractivity contribution in [1.82, 2.24) is 0 Å². The Hall–Kier alpha value is -1.61. The molecule has 2 aromatic rings. The van der Waals surface area contributed by atoms with Crippen molar-refractivity contribution in [3.05, 3.63) is 48.0 Å². The van der Waals surface area contributed by atoms with Crippen LogP contribution in [0.25, 0.3) is 0 Å². The molecule has 4 N–H and O–H groups in total. The van der Waals surface area contributed by atoms with E-state index in [1.165, 1.54) is 10.5 Å². The van der Waals surface area contributed by atoms with Crippen LogP contribution in [0.2, 0.25) is 0 Å². The molecule has 0 heterocycles. The monoisotopic (exact) mass is 230 g/mol. The van der Waals surface area contributed by atoms with Gasteiger partial charge in [-0.15, -0.1) is 0 Å². The average molecular weight is 230 g/mol. The first-order valence-electron chi connectivity index (χ1n) is 5.04. The second-order valence-electron chi connectivity index (χ2n) is 3.71. The molecule has 2 rings (SSSR count). The highest BCUT2D eigenvalue weighted by Gasteiger charge is 2.00. The van der Waals surface area contributed by atoms with Gasteiger partial charge < -0.3 is 11.5 Å². The smallest absolute Gasteiger partial charge is 0.0559 e. The van der Waals surface area contributed by atoms with Gasteiger partial charge in [0.1, 0.15) is 0 Å². The molecule has 0 atom stereocenters. The maximum absolute atomic E-state index is 5.76. The minimum Gasteiger partial charge on any atom is -0.397 e. The van der Waals surface area contributed by atoms with Crippen LogP contribution in [0, 0.1) is 6.92 Å². The molecule has 0 aliphatic carbocycles. The minimum atomic E-state index is 0.633. The van der Waals surface area contributed by atoms with Crippen LogP contribution in [0.4, 0.5) is 11.4 Å². The number of nitrogens with two attached hydrogens (primary N) is 2. The largest absolute Gasteiger partial charge is 0.397 e. The molecule has 3 heteroatoms. The third kappa shape index (κ3) is 2.49. The molecule has 0 saturated heterocycles. The first-order valence-corrected chi connectivity index (χ1v) is 5.86. The van der Waals surface area contributed by atoms with E-state index in [0.717, 1.165) is 4.90 Å². The maximum atomic E-state index is 5.76. The number of anilines is 2. The van der Waals surface area contributed by atoms with Gasteiger partial charge in [0.25, 0.3) is 0 Å². The summed E-state index contributed by atoms with van der Waals surface area (Å²) in [6, 6.07) is 14.1. The number of hydrogen-bond acceptors (Lipinski definition) is 3. The molecule has 0 saturated carbocycles. The van der Waals surface area contributed by atoms with E-state index >= 15 is 0 Å². The van der Waals surface area contributed by atoms with Crippen LogP contribution < -0.4 is 11.5 Å². The number of benzene rings is 2. The Kier molecular flexibility index (Phi) is 3.06. The van der Waals surface area contributed by atoms with Crippen LogP contribution in [0.15, 0.2) is 52.3 Å². The number of nitrogen functional groups attached to an aromatic ring is 2. The third-order valence-corrected chi connectivity index (χ3v) is 3.31. The van der Waals surface area contributed by atoms with Crippen molar-refractivity contribution in [3.63, 3.8) is 0 Å². The summed E-state index contributed by atoms with van der Waals surface area (Å²) in [5.41, 5.74) is 14.0. The van der Waals surface area contributed by atoms with E-state index < -0.39 is 0 Å². The van der Waals surface area contributed by atoms with Crippen LogP contribution in [-0.4, -0.2) is 0 Å². The van der Waals surface area contributed by atoms with Crippen molar-refractivity contribution in [2.75, 3.05) is 11.5 Å². The lowest BCUT2D eigenvalue weighted by molar-refractivity contribution is 1.36. The molecule has 0 spiro atoms. The fourth-order valence-electron chi connectivity index (χ4n) is 1.36. The lowest BCUT2D eigenvalue weighted by Crippen LogP contribution is -1.93. The molecule has 2 aromatic carbocycles. The predicted octanol–water partition coefficient (Wildman–Crippen LogP) is 3.31. The van der Waals surface area contributed by atoms with Crippen molar-refractivity contribution < 1.29 is 0 Å². The van der Waals surface area contributed by atoms with Gasteiger partial charge in [-0.2, -0.15) is 0 Å². The van der Waals surface area contributed by atoms with Gasteiger partial charge in [-0.05, 0) is 37.3 Å². The van der Waals surface area contributed by atoms with Crippen LogP contribution >= 0.6 is 11.8 Å². The van der Waals surface area contributed by atoms with Crippen molar-refractivity contribution >= 4 is 23.1 Å². The Labute approximate surface area is 99.7 Å². The zero-order valence-electron chi connectivity index (χ0n) is 9.10. The molecule has 0 bridgehead atoms. The highest BCUT2D eigenvalue weighted by molar-refractivity contribution is 7.99. The van der Waals surface area contributed by atoms with Crippen LogP contribution in [-0.2, 0) is 0 Å². The van der Waals surface area contributed by atoms with Gasteiger partial charge >= 0.3 is 0 Å². The zero-order chi connectivity index (χ0) is 11.5. The van der Waals surface area contributed by atoms with Gasteiger partial charge in [-0.3, -0.25) is 0 Å². The SMILES string of the molecule is Cc1ccc(Sc2ccc(N)c(N)c2)cc1. The Morgan fingerprint density at radius 1 is 0.812 bits per heavy atom. The van der Waals surface area contributed by atoms with Gasteiger partial charge in [-0.25, -0.2) is 0 Å². The van der Waals surface area contributed by atoms with E-state index in [-0.39, 0.29) is 0 Å². The Morgan fingerprint density at radius 3 is 2.06 bits per heavy atom. The molecule has 0 radical (unpaired) electrons. The normalized spacial score (nSPS) is 10.3. The first kappa shape index (κ1) is 10.9. The zero-order valence-corrected chi connectivity index (χ0v) is 9.92. The predicted molar refractivity (Wildman–Crippen MR) is 70.6 cm³/mol. The fraction of sp³-hybridized carbons (Fsp3) is 0.0769. The quantitative estimate of drug-likeness (QED) is 0.778. The number of aryl methyl sites for hydroxylation is 1. The lowest BCUT2D eigenvalue weighted by atomic mass is 10.2. The second kappa shape index (κ2) is 4.49. The number of hydrogen-bond donors (Lipinski definition) is 2. The van der Waals surface area contributed by atoms with Crippen molar-refractivity contribution in [2.45, 2.75) is 16.7 Å². The summed E-state index contributed by atoms with van der Waals surface area (Å²) < 4.78 is 0. The molecule has 0 aromatic heterocycles. The summed E-state index contributed by atoms with van der Waals surface area (Å²) in [6.07, 6.45) is 0. The van der Waals surface area contributed by atoms with Crippen LogP contribution in [0.1, 0.15) is 5.56 Å². The second-order valence-corrected chi connectivity index (χ2v) is 4.85. The first-order chi connectivity index (χ1) is 7.65. The fourth-order valence-corrected chi connectivity index (χ4v) is 2.23. The summed E-state index contributed by atoms with van der Waals surface area (Å²) in [7, 11) is 0. The molecular weight excluding hydrogens is 216 g/mol. The molecule has 0 unspecified atom stereocenters. The van der Waals surface area contributed by atoms with E-state index in [9.17, 15) is 0 Å². The van der Waals surface area contributed by atoms with Gasteiger partial charge in [0, 0.05) is 9.79 Å². The van der Waals surface area contributed by atoms with E-state index in [1.54, 1.807) is 11.8 Å². The standard InChI is InChI=1S/C13H14N2S/c1-9-2-4-10(5-3-9)16-11-6-7-12(14)13(15)8-11/h2-8H,14-15H2,1H3. The lowest BCUT2D eigenvalue weighted by Gasteiger charge is -2.05. The summed E-state index contributed by atoms with van der Waals surface area (Å²) in [4.78, 5) is 2.31. The van der Waals surface area contributed by atoms with E-state index in [4.69, 9.17) is 11.5 Å². The topological polar surface area (TPSA) is 52.0 Å². The highest BCUT2D eigenvalue weighted by atomic mass is 32.2. The van der Waals surface area contributed by atoms with E-state index in [1.807, 2.05) is 18.2 Å². The average Bonchev–Trinajstić information content (AvgIpc) is 2.27. The van der Waals surface area contributed by atoms with E-state index in [0.29, 0.717) is 11.4 Å². The maximum Gasteiger partial charge on any atom is 0.0559 e. The van der Waals surface area contributed by atoms with Crippen molar-refractivity contribution in [3.8, 4) is 0 Å². The van der Waals surface area contributed by atoms with Gasteiger partial charge in [-0.1, -0.05) is 29.5 Å². The molecule has 82 valence electrons. The van der Waals surface area contributed by atoms with Gasteiger partial charge in [0.05, 0.1) is 11.4 Å². The molecule has 16 heavy (non-hydrogen) atoms. The molecule has 0 aliphatic rings. The molecule has 2 nitrogen and oxygen atoms in total. The Morgan fingerprint density at radius 2 is 1.44 bits per heavy atom. The third-order valence-electron chi connectivity index (χ3n) is 2.31. The van der Waals surface area contributed by atoms with Crippen molar-refractivity contribution in [2.24, 2.45) is 0 Å². The Balaban J connectivity index is 2.20. The van der Waals surface area contributed by atoms with Crippen molar-refractivity contribution in [1.29, 1.82) is 0 Å². The van der Waals surface area contributed by atoms with Crippen LogP contribution in [0.3, 0.4) is 0 Å². The minimum absolute atomic E-state index is 0.633. The highest BCUT2D eigenvalue weighted by Crippen LogP contribution is 2.30. The molecular formula is C13H14N2S. The Bertz CT molecular complexity index is 492.